The Labute approximate surface area is 103 Å². The summed E-state index contributed by atoms with van der Waals surface area (Å²) in [6.45, 7) is 6.78. The molecule has 17 heavy (non-hydrogen) atoms. The van der Waals surface area contributed by atoms with E-state index in [1.54, 1.807) is 0 Å². The molecule has 0 N–H and O–H groups in total. The minimum atomic E-state index is -1.55. The zero-order chi connectivity index (χ0) is 12.2. The second kappa shape index (κ2) is 3.30. The van der Waals surface area contributed by atoms with E-state index in [4.69, 9.17) is 0 Å². The van der Waals surface area contributed by atoms with E-state index >= 15 is 0 Å². The van der Waals surface area contributed by atoms with Crippen molar-refractivity contribution in [3.05, 3.63) is 46.2 Å². The van der Waals surface area contributed by atoms with Crippen molar-refractivity contribution in [3.63, 3.8) is 0 Å². The molecule has 0 saturated carbocycles. The second-order valence-electron chi connectivity index (χ2n) is 5.86. The van der Waals surface area contributed by atoms with Crippen molar-refractivity contribution in [2.75, 3.05) is 0 Å². The third-order valence-corrected chi connectivity index (χ3v) is 5.54. The van der Waals surface area contributed by atoms with Crippen LogP contribution in [0.1, 0.15) is 17.5 Å². The van der Waals surface area contributed by atoms with E-state index in [0.717, 1.165) is 5.20 Å². The van der Waals surface area contributed by atoms with Crippen LogP contribution in [0.3, 0.4) is 0 Å². The van der Waals surface area contributed by atoms with Crippen LogP contribution in [0.5, 0.6) is 0 Å². The van der Waals surface area contributed by atoms with Crippen LogP contribution >= 0.6 is 0 Å². The molecule has 0 atom stereocenters. The predicted molar refractivity (Wildman–Crippen MR) is 74.3 cm³/mol. The zero-order valence-electron chi connectivity index (χ0n) is 10.5. The zero-order valence-corrected chi connectivity index (χ0v) is 11.5. The summed E-state index contributed by atoms with van der Waals surface area (Å²) >= 11 is 0. The van der Waals surface area contributed by atoms with Crippen LogP contribution < -0.4 is 0 Å². The average Bonchev–Trinajstić information content (AvgIpc) is 2.70. The van der Waals surface area contributed by atoms with Gasteiger partial charge in [0.05, 0.1) is 8.07 Å². The number of hydrogen-bond donors (Lipinski definition) is 0. The van der Waals surface area contributed by atoms with Crippen molar-refractivity contribution < 1.29 is 4.79 Å². The summed E-state index contributed by atoms with van der Waals surface area (Å²) in [6.07, 6.45) is 2.80. The van der Waals surface area contributed by atoms with Crippen molar-refractivity contribution in [3.8, 4) is 0 Å². The fourth-order valence-corrected chi connectivity index (χ4v) is 4.88. The van der Waals surface area contributed by atoms with E-state index in [0.29, 0.717) is 12.2 Å². The summed E-state index contributed by atoms with van der Waals surface area (Å²) in [6, 6.07) is 8.41. The molecule has 0 spiro atoms. The molecule has 0 bridgehead atoms. The van der Waals surface area contributed by atoms with Gasteiger partial charge in [0.1, 0.15) is 0 Å². The molecule has 0 unspecified atom stereocenters. The Balaban J connectivity index is 2.30. The van der Waals surface area contributed by atoms with E-state index in [9.17, 15) is 4.79 Å². The Hall–Kier alpha value is -1.41. The van der Waals surface area contributed by atoms with E-state index in [-0.39, 0.29) is 0 Å². The third-order valence-electron chi connectivity index (χ3n) is 3.51. The number of carbonyl (C=O) groups excluding carboxylic acids is 1. The summed E-state index contributed by atoms with van der Waals surface area (Å²) in [5, 5.41) is 1.15. The molecule has 2 heteroatoms. The molecule has 0 aromatic heterocycles. The first-order chi connectivity index (χ1) is 7.98. The van der Waals surface area contributed by atoms with Gasteiger partial charge in [-0.05, 0) is 27.5 Å². The number of Topliss-reactive ketones (excluding diaryl/α,β-unsaturated/α-hetero) is 1. The third kappa shape index (κ3) is 1.47. The Morgan fingerprint density at radius 3 is 2.53 bits per heavy atom. The van der Waals surface area contributed by atoms with E-state index in [1.807, 2.05) is 0 Å². The average molecular weight is 240 g/mol. The van der Waals surface area contributed by atoms with Gasteiger partial charge in [0, 0.05) is 6.42 Å². The van der Waals surface area contributed by atoms with Gasteiger partial charge in [0.15, 0.2) is 5.78 Å². The van der Waals surface area contributed by atoms with Gasteiger partial charge in [-0.25, -0.2) is 0 Å². The number of fused-ring (bicyclic) bond motifs is 3. The Bertz CT molecular complexity index is 585. The van der Waals surface area contributed by atoms with Gasteiger partial charge in [-0.1, -0.05) is 50.0 Å². The van der Waals surface area contributed by atoms with Crippen molar-refractivity contribution in [1.82, 2.24) is 0 Å². The molecule has 0 aliphatic heterocycles. The molecule has 0 saturated heterocycles. The fourth-order valence-electron chi connectivity index (χ4n) is 2.91. The predicted octanol–water partition coefficient (Wildman–Crippen LogP) is 3.69. The van der Waals surface area contributed by atoms with Crippen LogP contribution in [0, 0.1) is 0 Å². The fraction of sp³-hybridized carbons (Fsp3) is 0.267. The molecule has 1 aromatic rings. The van der Waals surface area contributed by atoms with Crippen LogP contribution in [0.25, 0.3) is 11.6 Å². The molecule has 3 rings (SSSR count). The summed E-state index contributed by atoms with van der Waals surface area (Å²) in [5.41, 5.74) is 5.06. The van der Waals surface area contributed by atoms with E-state index in [2.05, 4.69) is 50.0 Å². The van der Waals surface area contributed by atoms with Crippen LogP contribution in [0.2, 0.25) is 19.6 Å². The van der Waals surface area contributed by atoms with Gasteiger partial charge in [-0.2, -0.15) is 0 Å². The van der Waals surface area contributed by atoms with Gasteiger partial charge in [0.2, 0.25) is 0 Å². The Morgan fingerprint density at radius 1 is 1.12 bits per heavy atom. The highest BCUT2D eigenvalue weighted by Crippen LogP contribution is 2.46. The number of benzene rings is 1. The molecule has 1 aromatic carbocycles. The lowest BCUT2D eigenvalue weighted by Crippen LogP contribution is -2.28. The van der Waals surface area contributed by atoms with Crippen molar-refractivity contribution in [1.29, 1.82) is 0 Å². The lowest BCUT2D eigenvalue weighted by Gasteiger charge is -2.18. The van der Waals surface area contributed by atoms with E-state index in [1.165, 1.54) is 22.3 Å². The number of rotatable bonds is 1. The number of hydrogen-bond acceptors (Lipinski definition) is 1. The van der Waals surface area contributed by atoms with Crippen LogP contribution in [0.4, 0.5) is 0 Å². The highest BCUT2D eigenvalue weighted by molar-refractivity contribution is 6.89. The Morgan fingerprint density at radius 2 is 1.82 bits per heavy atom. The second-order valence-corrected chi connectivity index (χ2v) is 10.9. The van der Waals surface area contributed by atoms with Gasteiger partial charge < -0.3 is 0 Å². The van der Waals surface area contributed by atoms with Crippen LogP contribution in [0.15, 0.2) is 35.0 Å². The van der Waals surface area contributed by atoms with Crippen molar-refractivity contribution in [2.45, 2.75) is 26.1 Å². The van der Waals surface area contributed by atoms with Crippen LogP contribution in [-0.2, 0) is 4.79 Å². The van der Waals surface area contributed by atoms with Crippen molar-refractivity contribution in [2.24, 2.45) is 0 Å². The molecular weight excluding hydrogens is 224 g/mol. The monoisotopic (exact) mass is 240 g/mol. The smallest absolute Gasteiger partial charge is 0.159 e. The first-order valence-electron chi connectivity index (χ1n) is 6.07. The minimum Gasteiger partial charge on any atom is -0.295 e. The minimum absolute atomic E-state index is 0.361. The van der Waals surface area contributed by atoms with Gasteiger partial charge in [-0.15, -0.1) is 0 Å². The number of carbonyl (C=O) groups is 1. The Kier molecular flexibility index (Phi) is 2.08. The molecule has 0 heterocycles. The van der Waals surface area contributed by atoms with E-state index < -0.39 is 8.07 Å². The van der Waals surface area contributed by atoms with Crippen LogP contribution in [-0.4, -0.2) is 13.9 Å². The normalized spacial score (nSPS) is 18.3. The maximum atomic E-state index is 12.2. The summed E-state index contributed by atoms with van der Waals surface area (Å²) in [7, 11) is -1.55. The van der Waals surface area contributed by atoms with Gasteiger partial charge in [0.25, 0.3) is 0 Å². The summed E-state index contributed by atoms with van der Waals surface area (Å²) in [4.78, 5) is 12.2. The largest absolute Gasteiger partial charge is 0.295 e. The first-order valence-corrected chi connectivity index (χ1v) is 9.57. The molecular formula is C15H16OSi. The number of allylic oxidation sites excluding steroid dienone is 3. The SMILES string of the molecule is C[Si](C)(C)C1=C2C(=Cc3ccccc32)CC1=O. The highest BCUT2D eigenvalue weighted by Gasteiger charge is 2.38. The maximum Gasteiger partial charge on any atom is 0.159 e. The summed E-state index contributed by atoms with van der Waals surface area (Å²) < 4.78 is 0. The standard InChI is InChI=1S/C15H16OSi/c1-17(2,3)15-13(16)9-11-8-10-6-4-5-7-12(10)14(11)15/h4-8H,9H2,1-3H3. The summed E-state index contributed by atoms with van der Waals surface area (Å²) in [5.74, 6) is 0.361. The molecule has 2 aliphatic rings. The molecule has 0 radical (unpaired) electrons. The first kappa shape index (κ1) is 10.7. The molecule has 1 nitrogen and oxygen atoms in total. The molecule has 0 amide bonds. The molecule has 86 valence electrons. The highest BCUT2D eigenvalue weighted by atomic mass is 28.3. The number of ketones is 1. The van der Waals surface area contributed by atoms with Crippen molar-refractivity contribution >= 4 is 25.5 Å². The van der Waals surface area contributed by atoms with Gasteiger partial charge in [-0.3, -0.25) is 4.79 Å². The van der Waals surface area contributed by atoms with Gasteiger partial charge >= 0.3 is 0 Å². The molecule has 0 fully saturated rings. The topological polar surface area (TPSA) is 17.1 Å². The molecule has 2 aliphatic carbocycles. The quantitative estimate of drug-likeness (QED) is 0.684. The lowest BCUT2D eigenvalue weighted by molar-refractivity contribution is -0.114. The maximum absolute atomic E-state index is 12.2. The lowest BCUT2D eigenvalue weighted by atomic mass is 10.1.